The Bertz CT molecular complexity index is 3950. The second kappa shape index (κ2) is 16.0. The zero-order valence-electron chi connectivity index (χ0n) is 36.6. The molecule has 13 rings (SSSR count). The van der Waals surface area contributed by atoms with E-state index in [0.29, 0.717) is 0 Å². The number of anilines is 3. The van der Waals surface area contributed by atoms with E-state index >= 15 is 0 Å². The summed E-state index contributed by atoms with van der Waals surface area (Å²) in [5.41, 5.74) is 17.7. The highest BCUT2D eigenvalue weighted by molar-refractivity contribution is 6.18. The number of rotatable bonds is 8. The van der Waals surface area contributed by atoms with Gasteiger partial charge in [-0.3, -0.25) is 0 Å². The van der Waals surface area contributed by atoms with Crippen molar-refractivity contribution in [1.29, 1.82) is 0 Å². The number of aromatic nitrogens is 1. The smallest absolute Gasteiger partial charge is 0.159 e. The van der Waals surface area contributed by atoms with E-state index in [2.05, 4.69) is 258 Å². The Hall–Kier alpha value is -8.92. The van der Waals surface area contributed by atoms with Crippen LogP contribution in [0, 0.1) is 0 Å². The molecule has 2 heterocycles. The number of hydrogen-bond donors (Lipinski definition) is 0. The van der Waals surface area contributed by atoms with Crippen LogP contribution in [0.2, 0.25) is 0 Å². The van der Waals surface area contributed by atoms with Gasteiger partial charge in [-0.25, -0.2) is 0 Å². The number of benzene rings is 11. The van der Waals surface area contributed by atoms with Gasteiger partial charge in [0, 0.05) is 38.5 Å². The second-order valence-electron chi connectivity index (χ2n) is 17.2. The molecule has 0 aliphatic carbocycles. The molecular formula is C64H42N2O. The van der Waals surface area contributed by atoms with Crippen LogP contribution < -0.4 is 4.90 Å². The molecule has 0 unspecified atom stereocenters. The van der Waals surface area contributed by atoms with Crippen molar-refractivity contribution in [2.24, 2.45) is 0 Å². The first-order valence-electron chi connectivity index (χ1n) is 22.9. The Morgan fingerprint density at radius 2 is 0.821 bits per heavy atom. The van der Waals surface area contributed by atoms with Gasteiger partial charge in [0.2, 0.25) is 0 Å². The molecule has 0 bridgehead atoms. The molecule has 0 aliphatic rings. The number of para-hydroxylation sites is 4. The molecule has 0 saturated heterocycles. The monoisotopic (exact) mass is 854 g/mol. The van der Waals surface area contributed by atoms with Crippen LogP contribution in [0.15, 0.2) is 259 Å². The van der Waals surface area contributed by atoms with Gasteiger partial charge in [-0.15, -0.1) is 0 Å². The van der Waals surface area contributed by atoms with Crippen LogP contribution in [0.1, 0.15) is 0 Å². The maximum absolute atomic E-state index is 6.65. The van der Waals surface area contributed by atoms with Gasteiger partial charge in [0.15, 0.2) is 5.58 Å². The van der Waals surface area contributed by atoms with Crippen LogP contribution in [-0.4, -0.2) is 4.57 Å². The molecule has 2 aromatic heterocycles. The summed E-state index contributed by atoms with van der Waals surface area (Å²) < 4.78 is 9.04. The molecule has 0 fully saturated rings. The van der Waals surface area contributed by atoms with Gasteiger partial charge in [-0.2, -0.15) is 0 Å². The number of fused-ring (bicyclic) bond motifs is 7. The van der Waals surface area contributed by atoms with Crippen LogP contribution in [-0.2, 0) is 0 Å². The summed E-state index contributed by atoms with van der Waals surface area (Å²) in [4.78, 5) is 2.41. The molecule has 0 saturated carbocycles. The van der Waals surface area contributed by atoms with Gasteiger partial charge in [0.05, 0.1) is 22.4 Å². The standard InChI is InChI=1S/C64H42N2O/c1-2-15-43(16-3-1)45-35-39-49(40-36-45)65(50-41-37-46(38-42-50)44-31-33-48(34-32-44)52-23-12-18-47-17-4-5-19-51(47)52)58-26-9-6-20-53(58)55-24-13-28-60-63(55)57-22-7-10-27-59(57)66(60)61-29-14-25-56-54-21-8-11-30-62(54)67-64(56)61/h1-42H. The Morgan fingerprint density at radius 1 is 0.313 bits per heavy atom. The zero-order valence-corrected chi connectivity index (χ0v) is 36.6. The molecule has 3 nitrogen and oxygen atoms in total. The van der Waals surface area contributed by atoms with E-state index in [-0.39, 0.29) is 0 Å². The second-order valence-corrected chi connectivity index (χ2v) is 17.2. The van der Waals surface area contributed by atoms with E-state index < -0.39 is 0 Å². The predicted octanol–water partition coefficient (Wildman–Crippen LogP) is 18.0. The minimum absolute atomic E-state index is 0.881. The lowest BCUT2D eigenvalue weighted by molar-refractivity contribution is 0.666. The van der Waals surface area contributed by atoms with Gasteiger partial charge in [-0.05, 0) is 104 Å². The molecule has 0 spiro atoms. The molecule has 0 aliphatic heterocycles. The number of hydrogen-bond acceptors (Lipinski definition) is 2. The first-order valence-corrected chi connectivity index (χ1v) is 22.9. The summed E-state index contributed by atoms with van der Waals surface area (Å²) in [6.45, 7) is 0. The molecule has 0 atom stereocenters. The van der Waals surface area contributed by atoms with Gasteiger partial charge >= 0.3 is 0 Å². The number of furan rings is 1. The maximum atomic E-state index is 6.65. The Kier molecular flexibility index (Phi) is 9.17. The molecule has 13 aromatic rings. The predicted molar refractivity (Wildman–Crippen MR) is 282 cm³/mol. The van der Waals surface area contributed by atoms with E-state index in [4.69, 9.17) is 4.42 Å². The SMILES string of the molecule is c1ccc(-c2ccc(N(c3ccc(-c4ccc(-c5cccc6ccccc56)cc4)cc3)c3ccccc3-c3cccc4c3c3ccccc3n4-c3cccc4c3oc3ccccc34)cc2)cc1. The van der Waals surface area contributed by atoms with Gasteiger partial charge < -0.3 is 13.9 Å². The first-order chi connectivity index (χ1) is 33.2. The van der Waals surface area contributed by atoms with E-state index in [1.165, 1.54) is 49.4 Å². The summed E-state index contributed by atoms with van der Waals surface area (Å²) in [5, 5.41) is 7.13. The fourth-order valence-electron chi connectivity index (χ4n) is 10.3. The fourth-order valence-corrected chi connectivity index (χ4v) is 10.3. The average Bonchev–Trinajstić information content (AvgIpc) is 3.96. The highest BCUT2D eigenvalue weighted by Crippen LogP contribution is 2.47. The summed E-state index contributed by atoms with van der Waals surface area (Å²) in [7, 11) is 0. The topological polar surface area (TPSA) is 21.3 Å². The third-order valence-electron chi connectivity index (χ3n) is 13.4. The lowest BCUT2D eigenvalue weighted by Gasteiger charge is -2.28. The molecule has 0 N–H and O–H groups in total. The first kappa shape index (κ1) is 38.5. The lowest BCUT2D eigenvalue weighted by atomic mass is 9.95. The zero-order chi connectivity index (χ0) is 44.3. The quantitative estimate of drug-likeness (QED) is 0.152. The van der Waals surface area contributed by atoms with Crippen LogP contribution in [0.4, 0.5) is 17.1 Å². The van der Waals surface area contributed by atoms with Crippen molar-refractivity contribution < 1.29 is 4.42 Å². The molecule has 314 valence electrons. The summed E-state index contributed by atoms with van der Waals surface area (Å²) in [6, 6.07) is 91.9. The van der Waals surface area contributed by atoms with Crippen LogP contribution >= 0.6 is 0 Å². The average molecular weight is 855 g/mol. The van der Waals surface area contributed by atoms with Gasteiger partial charge in [-0.1, -0.05) is 200 Å². The van der Waals surface area contributed by atoms with Crippen molar-refractivity contribution in [3.63, 3.8) is 0 Å². The van der Waals surface area contributed by atoms with Crippen molar-refractivity contribution in [2.75, 3.05) is 4.90 Å². The lowest BCUT2D eigenvalue weighted by Crippen LogP contribution is -2.11. The molecular weight excluding hydrogens is 813 g/mol. The molecule has 0 amide bonds. The third kappa shape index (κ3) is 6.51. The Labute approximate surface area is 388 Å². The highest BCUT2D eigenvalue weighted by Gasteiger charge is 2.23. The van der Waals surface area contributed by atoms with E-state index in [1.807, 2.05) is 6.07 Å². The molecule has 3 heteroatoms. The molecule has 11 aromatic carbocycles. The normalized spacial score (nSPS) is 11.6. The maximum Gasteiger partial charge on any atom is 0.159 e. The van der Waals surface area contributed by atoms with Gasteiger partial charge in [0.1, 0.15) is 5.58 Å². The molecule has 67 heavy (non-hydrogen) atoms. The fraction of sp³-hybridized carbons (Fsp3) is 0. The molecule has 0 radical (unpaired) electrons. The highest BCUT2D eigenvalue weighted by atomic mass is 16.3. The van der Waals surface area contributed by atoms with Gasteiger partial charge in [0.25, 0.3) is 0 Å². The third-order valence-corrected chi connectivity index (χ3v) is 13.4. The summed E-state index contributed by atoms with van der Waals surface area (Å²) >= 11 is 0. The van der Waals surface area contributed by atoms with E-state index in [1.54, 1.807) is 0 Å². The van der Waals surface area contributed by atoms with E-state index in [0.717, 1.165) is 72.4 Å². The summed E-state index contributed by atoms with van der Waals surface area (Å²) in [6.07, 6.45) is 0. The van der Waals surface area contributed by atoms with Crippen LogP contribution in [0.25, 0.3) is 105 Å². The van der Waals surface area contributed by atoms with Crippen LogP contribution in [0.3, 0.4) is 0 Å². The Balaban J connectivity index is 0.952. The van der Waals surface area contributed by atoms with Crippen molar-refractivity contribution in [3.8, 4) is 50.2 Å². The van der Waals surface area contributed by atoms with Crippen molar-refractivity contribution in [3.05, 3.63) is 255 Å². The van der Waals surface area contributed by atoms with Crippen molar-refractivity contribution in [2.45, 2.75) is 0 Å². The van der Waals surface area contributed by atoms with Crippen molar-refractivity contribution in [1.82, 2.24) is 4.57 Å². The van der Waals surface area contributed by atoms with Crippen molar-refractivity contribution >= 4 is 71.6 Å². The van der Waals surface area contributed by atoms with Crippen LogP contribution in [0.5, 0.6) is 0 Å². The van der Waals surface area contributed by atoms with E-state index in [9.17, 15) is 0 Å². The minimum atomic E-state index is 0.881. The Morgan fingerprint density at radius 3 is 1.60 bits per heavy atom. The minimum Gasteiger partial charge on any atom is -0.454 e. The summed E-state index contributed by atoms with van der Waals surface area (Å²) in [5.74, 6) is 0. The largest absolute Gasteiger partial charge is 0.454 e. The number of nitrogens with zero attached hydrogens (tertiary/aromatic N) is 2.